The molecule has 1 aromatic rings. The van der Waals surface area contributed by atoms with Crippen molar-refractivity contribution in [1.82, 2.24) is 14.7 Å². The zero-order chi connectivity index (χ0) is 7.40. The third kappa shape index (κ3) is 2.41. The Hall–Kier alpha value is -0.480. The van der Waals surface area contributed by atoms with Crippen molar-refractivity contribution < 1.29 is 0 Å². The Morgan fingerprint density at radius 1 is 1.70 bits per heavy atom. The van der Waals surface area contributed by atoms with Crippen molar-refractivity contribution in [2.75, 3.05) is 0 Å². The van der Waals surface area contributed by atoms with Crippen molar-refractivity contribution in [2.45, 2.75) is 26.4 Å². The predicted octanol–water partition coefficient (Wildman–Crippen LogP) is 1.04. The van der Waals surface area contributed by atoms with E-state index in [1.54, 1.807) is 6.33 Å². The highest BCUT2D eigenvalue weighted by molar-refractivity contribution is 7.05. The minimum atomic E-state index is 0.518. The molecule has 3 nitrogen and oxygen atoms in total. The third-order valence-corrected chi connectivity index (χ3v) is 1.73. The van der Waals surface area contributed by atoms with Gasteiger partial charge in [-0.05, 0) is 11.5 Å². The minimum absolute atomic E-state index is 0.518. The van der Waals surface area contributed by atoms with Crippen LogP contribution in [0.25, 0.3) is 0 Å². The normalized spacial score (nSPS) is 10.7. The molecule has 1 heterocycles. The van der Waals surface area contributed by atoms with Gasteiger partial charge in [0.05, 0.1) is 0 Å². The Bertz CT molecular complexity index is 171. The van der Waals surface area contributed by atoms with Gasteiger partial charge in [-0.2, -0.15) is 4.37 Å². The average molecular weight is 157 g/mol. The van der Waals surface area contributed by atoms with E-state index in [0.717, 1.165) is 11.6 Å². The van der Waals surface area contributed by atoms with E-state index in [9.17, 15) is 0 Å². The van der Waals surface area contributed by atoms with E-state index < -0.39 is 0 Å². The van der Waals surface area contributed by atoms with Gasteiger partial charge in [0.2, 0.25) is 0 Å². The van der Waals surface area contributed by atoms with E-state index >= 15 is 0 Å². The van der Waals surface area contributed by atoms with Crippen molar-refractivity contribution in [3.63, 3.8) is 0 Å². The van der Waals surface area contributed by atoms with Crippen LogP contribution in [0.2, 0.25) is 0 Å². The van der Waals surface area contributed by atoms with E-state index in [2.05, 4.69) is 28.5 Å². The van der Waals surface area contributed by atoms with Crippen LogP contribution in [0.1, 0.15) is 18.9 Å². The van der Waals surface area contributed by atoms with E-state index in [4.69, 9.17) is 0 Å². The molecule has 0 radical (unpaired) electrons. The van der Waals surface area contributed by atoms with Crippen LogP contribution in [0.5, 0.6) is 0 Å². The second kappa shape index (κ2) is 3.63. The van der Waals surface area contributed by atoms with Gasteiger partial charge >= 0.3 is 0 Å². The van der Waals surface area contributed by atoms with Crippen LogP contribution in [0.3, 0.4) is 0 Å². The molecule has 1 N–H and O–H groups in total. The van der Waals surface area contributed by atoms with Gasteiger partial charge in [0.25, 0.3) is 0 Å². The van der Waals surface area contributed by atoms with Gasteiger partial charge in [-0.25, -0.2) is 4.98 Å². The summed E-state index contributed by atoms with van der Waals surface area (Å²) in [4.78, 5) is 4.03. The molecule has 4 heteroatoms. The molecule has 0 aromatic carbocycles. The molecule has 10 heavy (non-hydrogen) atoms. The summed E-state index contributed by atoms with van der Waals surface area (Å²) in [5.41, 5.74) is 0. The van der Waals surface area contributed by atoms with Crippen LogP contribution in [0.4, 0.5) is 0 Å². The molecule has 0 fully saturated rings. The number of nitrogens with one attached hydrogen (secondary N) is 1. The summed E-state index contributed by atoms with van der Waals surface area (Å²) >= 11 is 1.44. The molecular formula is C6H11N3S. The van der Waals surface area contributed by atoms with E-state index in [1.165, 1.54) is 11.5 Å². The van der Waals surface area contributed by atoms with Crippen LogP contribution in [0, 0.1) is 0 Å². The van der Waals surface area contributed by atoms with Gasteiger partial charge in [-0.15, -0.1) is 0 Å². The maximum atomic E-state index is 4.03. The topological polar surface area (TPSA) is 37.8 Å². The number of hydrogen-bond acceptors (Lipinski definition) is 4. The molecular weight excluding hydrogens is 146 g/mol. The van der Waals surface area contributed by atoms with Crippen LogP contribution in [-0.4, -0.2) is 15.4 Å². The monoisotopic (exact) mass is 157 g/mol. The molecule has 0 aliphatic heterocycles. The fourth-order valence-corrected chi connectivity index (χ4v) is 1.02. The Balaban J connectivity index is 2.28. The largest absolute Gasteiger partial charge is 0.308 e. The lowest BCUT2D eigenvalue weighted by molar-refractivity contribution is 0.587. The fourth-order valence-electron chi connectivity index (χ4n) is 0.565. The van der Waals surface area contributed by atoms with Crippen LogP contribution < -0.4 is 5.32 Å². The first kappa shape index (κ1) is 7.63. The molecule has 0 unspecified atom stereocenters. The van der Waals surface area contributed by atoms with E-state index in [1.807, 2.05) is 0 Å². The summed E-state index contributed by atoms with van der Waals surface area (Å²) in [6.07, 6.45) is 1.59. The molecule has 0 aliphatic carbocycles. The Kier molecular flexibility index (Phi) is 2.77. The van der Waals surface area contributed by atoms with Crippen molar-refractivity contribution in [3.05, 3.63) is 11.3 Å². The zero-order valence-electron chi connectivity index (χ0n) is 6.16. The van der Waals surface area contributed by atoms with Crippen LogP contribution in [0.15, 0.2) is 6.33 Å². The summed E-state index contributed by atoms with van der Waals surface area (Å²) in [7, 11) is 0. The minimum Gasteiger partial charge on any atom is -0.308 e. The molecule has 0 saturated heterocycles. The number of nitrogens with zero attached hydrogens (tertiary/aromatic N) is 2. The third-order valence-electron chi connectivity index (χ3n) is 1.07. The Morgan fingerprint density at radius 2 is 2.50 bits per heavy atom. The summed E-state index contributed by atoms with van der Waals surface area (Å²) in [5, 5.41) is 4.31. The molecule has 1 aromatic heterocycles. The average Bonchev–Trinajstić information content (AvgIpc) is 2.34. The maximum absolute atomic E-state index is 4.03. The summed E-state index contributed by atoms with van der Waals surface area (Å²) in [6.45, 7) is 5.06. The predicted molar refractivity (Wildman–Crippen MR) is 41.9 cm³/mol. The first-order chi connectivity index (χ1) is 4.79. The zero-order valence-corrected chi connectivity index (χ0v) is 6.98. The van der Waals surface area contributed by atoms with Crippen LogP contribution >= 0.6 is 11.5 Å². The van der Waals surface area contributed by atoms with Gasteiger partial charge in [0.1, 0.15) is 11.3 Å². The van der Waals surface area contributed by atoms with Crippen LogP contribution in [-0.2, 0) is 6.54 Å². The lowest BCUT2D eigenvalue weighted by atomic mass is 10.4. The number of aromatic nitrogens is 2. The molecule has 0 bridgehead atoms. The standard InChI is InChI=1S/C6H11N3S/c1-5(2)7-3-6-8-4-9-10-6/h4-5,7H,3H2,1-2H3. The maximum Gasteiger partial charge on any atom is 0.129 e. The molecule has 56 valence electrons. The van der Waals surface area contributed by atoms with Gasteiger partial charge < -0.3 is 5.32 Å². The summed E-state index contributed by atoms with van der Waals surface area (Å²) in [6, 6.07) is 0.518. The summed E-state index contributed by atoms with van der Waals surface area (Å²) < 4.78 is 3.89. The van der Waals surface area contributed by atoms with Crippen molar-refractivity contribution >= 4 is 11.5 Å². The summed E-state index contributed by atoms with van der Waals surface area (Å²) in [5.74, 6) is 0. The van der Waals surface area contributed by atoms with Crippen molar-refractivity contribution in [3.8, 4) is 0 Å². The first-order valence-electron chi connectivity index (χ1n) is 3.28. The van der Waals surface area contributed by atoms with Gasteiger partial charge in [-0.1, -0.05) is 13.8 Å². The second-order valence-electron chi connectivity index (χ2n) is 2.37. The quantitative estimate of drug-likeness (QED) is 0.712. The lowest BCUT2D eigenvalue weighted by Gasteiger charge is -2.03. The van der Waals surface area contributed by atoms with Gasteiger partial charge in [-0.3, -0.25) is 0 Å². The Labute approximate surface area is 64.7 Å². The number of rotatable bonds is 3. The molecule has 1 rings (SSSR count). The molecule has 0 spiro atoms. The molecule has 0 atom stereocenters. The smallest absolute Gasteiger partial charge is 0.129 e. The first-order valence-corrected chi connectivity index (χ1v) is 4.05. The SMILES string of the molecule is CC(C)NCc1ncns1. The van der Waals surface area contributed by atoms with E-state index in [0.29, 0.717) is 6.04 Å². The lowest BCUT2D eigenvalue weighted by Crippen LogP contribution is -2.21. The van der Waals surface area contributed by atoms with Gasteiger partial charge in [0.15, 0.2) is 0 Å². The van der Waals surface area contributed by atoms with Crippen molar-refractivity contribution in [2.24, 2.45) is 0 Å². The number of hydrogen-bond donors (Lipinski definition) is 1. The molecule has 0 aliphatic rings. The Morgan fingerprint density at radius 3 is 3.00 bits per heavy atom. The fraction of sp³-hybridized carbons (Fsp3) is 0.667. The highest BCUT2D eigenvalue weighted by atomic mass is 32.1. The van der Waals surface area contributed by atoms with Crippen molar-refractivity contribution in [1.29, 1.82) is 0 Å². The second-order valence-corrected chi connectivity index (χ2v) is 3.24. The van der Waals surface area contributed by atoms with E-state index in [-0.39, 0.29) is 0 Å². The van der Waals surface area contributed by atoms with Gasteiger partial charge in [0, 0.05) is 12.6 Å². The molecule has 0 saturated carbocycles. The highest BCUT2D eigenvalue weighted by Gasteiger charge is 1.96. The highest BCUT2D eigenvalue weighted by Crippen LogP contribution is 1.98. The molecule has 0 amide bonds.